The minimum atomic E-state index is 0.268. The maximum Gasteiger partial charge on any atom is 0.236 e. The number of piperidine rings is 1. The Morgan fingerprint density at radius 1 is 1.24 bits per heavy atom. The van der Waals surface area contributed by atoms with Gasteiger partial charge in [0.2, 0.25) is 5.91 Å². The number of hydrogen-bond donors (Lipinski definition) is 0. The lowest BCUT2D eigenvalue weighted by molar-refractivity contribution is -0.134. The smallest absolute Gasteiger partial charge is 0.236 e. The predicted octanol–water partition coefficient (Wildman–Crippen LogP) is 2.93. The lowest BCUT2D eigenvalue weighted by atomic mass is 9.92. The van der Waals surface area contributed by atoms with E-state index < -0.39 is 0 Å². The summed E-state index contributed by atoms with van der Waals surface area (Å²) in [4.78, 5) is 16.6. The molecule has 0 aliphatic carbocycles. The van der Waals surface area contributed by atoms with Crippen LogP contribution in [0.1, 0.15) is 31.4 Å². The van der Waals surface area contributed by atoms with Crippen molar-refractivity contribution in [1.82, 2.24) is 9.80 Å². The Morgan fingerprint density at radius 3 is 2.48 bits per heavy atom. The van der Waals surface area contributed by atoms with E-state index in [1.165, 1.54) is 17.5 Å². The number of benzene rings is 1. The Kier molecular flexibility index (Phi) is 5.40. The molecular formula is C18H28N2O. The number of rotatable bonds is 4. The molecule has 2 atom stereocenters. The molecule has 0 N–H and O–H groups in total. The SMILES string of the molecule is Cc1ccccc1CN(C)CC(=O)N1CC(C)CC(C)C1. The molecule has 1 amide bonds. The van der Waals surface area contributed by atoms with Crippen LogP contribution >= 0.6 is 0 Å². The number of carbonyl (C=O) groups is 1. The largest absolute Gasteiger partial charge is 0.341 e. The third-order valence-electron chi connectivity index (χ3n) is 4.33. The van der Waals surface area contributed by atoms with Crippen molar-refractivity contribution in [3.63, 3.8) is 0 Å². The average molecular weight is 288 g/mol. The maximum atomic E-state index is 12.5. The predicted molar refractivity (Wildman–Crippen MR) is 87.0 cm³/mol. The van der Waals surface area contributed by atoms with Gasteiger partial charge >= 0.3 is 0 Å². The van der Waals surface area contributed by atoms with E-state index in [9.17, 15) is 4.79 Å². The maximum absolute atomic E-state index is 12.5. The van der Waals surface area contributed by atoms with Gasteiger partial charge in [-0.05, 0) is 43.4 Å². The number of likely N-dealkylation sites (N-methyl/N-ethyl adjacent to an activating group) is 1. The minimum absolute atomic E-state index is 0.268. The fourth-order valence-corrected chi connectivity index (χ4v) is 3.33. The molecule has 21 heavy (non-hydrogen) atoms. The Bertz CT molecular complexity index is 476. The standard InChI is InChI=1S/C18H28N2O/c1-14-9-15(2)11-20(10-14)18(21)13-19(4)12-17-8-6-5-7-16(17)3/h5-8,14-15H,9-13H2,1-4H3. The zero-order valence-corrected chi connectivity index (χ0v) is 13.8. The van der Waals surface area contributed by atoms with Gasteiger partial charge in [-0.2, -0.15) is 0 Å². The highest BCUT2D eigenvalue weighted by Crippen LogP contribution is 2.21. The molecule has 1 aromatic rings. The molecule has 0 saturated carbocycles. The van der Waals surface area contributed by atoms with Crippen LogP contribution in [0.15, 0.2) is 24.3 Å². The van der Waals surface area contributed by atoms with E-state index in [1.807, 2.05) is 11.9 Å². The summed E-state index contributed by atoms with van der Waals surface area (Å²) >= 11 is 0. The first kappa shape index (κ1) is 16.0. The Hall–Kier alpha value is -1.35. The topological polar surface area (TPSA) is 23.6 Å². The van der Waals surface area contributed by atoms with Crippen LogP contribution in [-0.4, -0.2) is 42.4 Å². The zero-order chi connectivity index (χ0) is 15.4. The molecule has 1 heterocycles. The number of hydrogen-bond acceptors (Lipinski definition) is 2. The lowest BCUT2D eigenvalue weighted by Crippen LogP contribution is -2.46. The van der Waals surface area contributed by atoms with E-state index in [0.29, 0.717) is 18.4 Å². The van der Waals surface area contributed by atoms with Crippen LogP contribution in [0.4, 0.5) is 0 Å². The first-order valence-electron chi connectivity index (χ1n) is 7.96. The van der Waals surface area contributed by atoms with Crippen molar-refractivity contribution >= 4 is 5.91 Å². The molecule has 0 bridgehead atoms. The number of nitrogens with zero attached hydrogens (tertiary/aromatic N) is 2. The van der Waals surface area contributed by atoms with Crippen molar-refractivity contribution in [3.05, 3.63) is 35.4 Å². The number of likely N-dealkylation sites (tertiary alicyclic amines) is 1. The summed E-state index contributed by atoms with van der Waals surface area (Å²) < 4.78 is 0. The van der Waals surface area contributed by atoms with Crippen LogP contribution in [-0.2, 0) is 11.3 Å². The van der Waals surface area contributed by atoms with E-state index >= 15 is 0 Å². The molecule has 2 rings (SSSR count). The van der Waals surface area contributed by atoms with Gasteiger partial charge in [-0.3, -0.25) is 9.69 Å². The molecule has 0 radical (unpaired) electrons. The van der Waals surface area contributed by atoms with Crippen molar-refractivity contribution in [2.24, 2.45) is 11.8 Å². The van der Waals surface area contributed by atoms with Crippen LogP contribution in [0.5, 0.6) is 0 Å². The molecule has 1 aliphatic rings. The monoisotopic (exact) mass is 288 g/mol. The van der Waals surface area contributed by atoms with E-state index in [2.05, 4.69) is 49.9 Å². The number of carbonyl (C=O) groups excluding carboxylic acids is 1. The van der Waals surface area contributed by atoms with Gasteiger partial charge in [-0.25, -0.2) is 0 Å². The van der Waals surface area contributed by atoms with E-state index in [1.54, 1.807) is 0 Å². The lowest BCUT2D eigenvalue weighted by Gasteiger charge is -2.36. The molecule has 1 saturated heterocycles. The van der Waals surface area contributed by atoms with Crippen LogP contribution in [0, 0.1) is 18.8 Å². The number of amides is 1. The Balaban J connectivity index is 1.89. The second-order valence-corrected chi connectivity index (χ2v) is 6.84. The first-order chi connectivity index (χ1) is 9.95. The van der Waals surface area contributed by atoms with Gasteiger partial charge in [0.05, 0.1) is 6.54 Å². The molecule has 1 aliphatic heterocycles. The highest BCUT2D eigenvalue weighted by Gasteiger charge is 2.25. The van der Waals surface area contributed by atoms with Crippen LogP contribution in [0.25, 0.3) is 0 Å². The second-order valence-electron chi connectivity index (χ2n) is 6.84. The quantitative estimate of drug-likeness (QED) is 0.850. The molecule has 2 unspecified atom stereocenters. The summed E-state index contributed by atoms with van der Waals surface area (Å²) in [5, 5.41) is 0. The summed E-state index contributed by atoms with van der Waals surface area (Å²) in [5.41, 5.74) is 2.59. The van der Waals surface area contributed by atoms with Gasteiger partial charge < -0.3 is 4.90 Å². The van der Waals surface area contributed by atoms with Gasteiger partial charge in [0, 0.05) is 19.6 Å². The third-order valence-corrected chi connectivity index (χ3v) is 4.33. The normalized spacial score (nSPS) is 22.6. The van der Waals surface area contributed by atoms with Crippen molar-refractivity contribution in [3.8, 4) is 0 Å². The highest BCUT2D eigenvalue weighted by atomic mass is 16.2. The van der Waals surface area contributed by atoms with Crippen molar-refractivity contribution in [1.29, 1.82) is 0 Å². The highest BCUT2D eigenvalue weighted by molar-refractivity contribution is 5.78. The minimum Gasteiger partial charge on any atom is -0.341 e. The molecule has 0 spiro atoms. The van der Waals surface area contributed by atoms with Gasteiger partial charge in [-0.1, -0.05) is 38.1 Å². The molecule has 1 fully saturated rings. The van der Waals surface area contributed by atoms with Crippen LogP contribution < -0.4 is 0 Å². The summed E-state index contributed by atoms with van der Waals surface area (Å²) in [6.07, 6.45) is 1.24. The molecule has 116 valence electrons. The van der Waals surface area contributed by atoms with Gasteiger partial charge in [0.25, 0.3) is 0 Å². The zero-order valence-electron chi connectivity index (χ0n) is 13.8. The average Bonchev–Trinajstić information content (AvgIpc) is 2.40. The molecule has 3 nitrogen and oxygen atoms in total. The molecule has 0 aromatic heterocycles. The third kappa shape index (κ3) is 4.57. The second kappa shape index (κ2) is 7.08. The van der Waals surface area contributed by atoms with Crippen molar-refractivity contribution in [2.75, 3.05) is 26.7 Å². The van der Waals surface area contributed by atoms with Gasteiger partial charge in [-0.15, -0.1) is 0 Å². The van der Waals surface area contributed by atoms with Crippen LogP contribution in [0.3, 0.4) is 0 Å². The molecular weight excluding hydrogens is 260 g/mol. The molecule has 1 aromatic carbocycles. The fraction of sp³-hybridized carbons (Fsp3) is 0.611. The van der Waals surface area contributed by atoms with E-state index in [-0.39, 0.29) is 5.91 Å². The summed E-state index contributed by atoms with van der Waals surface area (Å²) in [7, 11) is 2.03. The van der Waals surface area contributed by atoms with Gasteiger partial charge in [0.15, 0.2) is 0 Å². The van der Waals surface area contributed by atoms with Crippen molar-refractivity contribution < 1.29 is 4.79 Å². The van der Waals surface area contributed by atoms with Gasteiger partial charge in [0.1, 0.15) is 0 Å². The summed E-state index contributed by atoms with van der Waals surface area (Å²) in [5.74, 6) is 1.52. The summed E-state index contributed by atoms with van der Waals surface area (Å²) in [6.45, 7) is 9.78. The Labute approximate surface area is 128 Å². The van der Waals surface area contributed by atoms with Crippen molar-refractivity contribution in [2.45, 2.75) is 33.7 Å². The van der Waals surface area contributed by atoms with E-state index in [4.69, 9.17) is 0 Å². The van der Waals surface area contributed by atoms with E-state index in [0.717, 1.165) is 19.6 Å². The Morgan fingerprint density at radius 2 is 1.86 bits per heavy atom. The first-order valence-corrected chi connectivity index (χ1v) is 7.96. The van der Waals surface area contributed by atoms with Crippen LogP contribution in [0.2, 0.25) is 0 Å². The summed E-state index contributed by atoms with van der Waals surface area (Å²) in [6, 6.07) is 8.38. The number of aryl methyl sites for hydroxylation is 1. The molecule has 3 heteroatoms. The fourth-order valence-electron chi connectivity index (χ4n) is 3.33.